The van der Waals surface area contributed by atoms with Crippen LogP contribution in [0.25, 0.3) is 0 Å². The van der Waals surface area contributed by atoms with E-state index in [9.17, 15) is 4.79 Å². The molecule has 6 heteroatoms. The Kier molecular flexibility index (Phi) is 5.10. The van der Waals surface area contributed by atoms with Crippen LogP contribution in [0.4, 0.5) is 0 Å². The van der Waals surface area contributed by atoms with Crippen LogP contribution in [0.2, 0.25) is 0 Å². The normalized spacial score (nSPS) is 9.74. The van der Waals surface area contributed by atoms with Crippen LogP contribution in [0.1, 0.15) is 20.9 Å². The lowest BCUT2D eigenvalue weighted by Crippen LogP contribution is -2.25. The summed E-state index contributed by atoms with van der Waals surface area (Å²) in [5.41, 5.74) is 8.74. The second-order valence-electron chi connectivity index (χ2n) is 3.69. The number of hydrogen-bond donors (Lipinski definition) is 2. The van der Waals surface area contributed by atoms with Gasteiger partial charge in [0.25, 0.3) is 5.91 Å². The van der Waals surface area contributed by atoms with Gasteiger partial charge in [-0.1, -0.05) is 11.8 Å². The van der Waals surface area contributed by atoms with Crippen molar-refractivity contribution in [2.24, 2.45) is 5.73 Å². The quantitative estimate of drug-likeness (QED) is 0.839. The van der Waals surface area contributed by atoms with Crippen LogP contribution in [0.3, 0.4) is 0 Å². The maximum atomic E-state index is 11.9. The van der Waals surface area contributed by atoms with Gasteiger partial charge in [0.05, 0.1) is 28.2 Å². The highest BCUT2D eigenvalue weighted by atomic mass is 32.1. The van der Waals surface area contributed by atoms with E-state index in [2.05, 4.69) is 22.1 Å². The average molecular weight is 291 g/mol. The number of carbonyl (C=O) groups excluding carboxylic acids is 1. The molecule has 0 atom stereocenters. The highest BCUT2D eigenvalue weighted by molar-refractivity contribution is 7.10. The minimum absolute atomic E-state index is 0.0766. The molecular formula is C13H13N3OS2. The van der Waals surface area contributed by atoms with Crippen molar-refractivity contribution in [3.05, 3.63) is 38.5 Å². The number of nitrogens with zero attached hydrogens (tertiary/aromatic N) is 1. The summed E-state index contributed by atoms with van der Waals surface area (Å²) >= 11 is 3.01. The Bertz CT molecular complexity index is 593. The lowest BCUT2D eigenvalue weighted by molar-refractivity contribution is 0.0954. The smallest absolute Gasteiger partial charge is 0.252 e. The molecule has 2 aromatic rings. The number of thiazole rings is 1. The Morgan fingerprint density at radius 3 is 3.11 bits per heavy atom. The highest BCUT2D eigenvalue weighted by Gasteiger charge is 2.07. The van der Waals surface area contributed by atoms with Crippen molar-refractivity contribution in [2.45, 2.75) is 6.42 Å². The Labute approximate surface area is 119 Å². The highest BCUT2D eigenvalue weighted by Crippen LogP contribution is 2.13. The zero-order valence-corrected chi connectivity index (χ0v) is 11.8. The minimum Gasteiger partial charge on any atom is -0.352 e. The fourth-order valence-electron chi connectivity index (χ4n) is 1.43. The van der Waals surface area contributed by atoms with Crippen LogP contribution in [-0.2, 0) is 6.42 Å². The first-order valence-electron chi connectivity index (χ1n) is 5.72. The van der Waals surface area contributed by atoms with E-state index in [1.165, 1.54) is 11.3 Å². The molecule has 19 heavy (non-hydrogen) atoms. The van der Waals surface area contributed by atoms with E-state index in [0.29, 0.717) is 18.7 Å². The van der Waals surface area contributed by atoms with E-state index in [4.69, 9.17) is 5.73 Å². The fourth-order valence-corrected chi connectivity index (χ4v) is 2.77. The number of aromatic nitrogens is 1. The van der Waals surface area contributed by atoms with Gasteiger partial charge in [-0.3, -0.25) is 4.79 Å². The second-order valence-corrected chi connectivity index (χ2v) is 5.32. The molecule has 0 aliphatic rings. The van der Waals surface area contributed by atoms with Crippen molar-refractivity contribution in [1.82, 2.24) is 10.3 Å². The van der Waals surface area contributed by atoms with Crippen LogP contribution in [0, 0.1) is 11.8 Å². The molecule has 2 heterocycles. The van der Waals surface area contributed by atoms with Gasteiger partial charge in [0, 0.05) is 23.7 Å². The standard InChI is InChI=1S/C13H13N3OS2/c14-4-1-2-12-6-10(7-19-12)13(17)15-5-3-11-8-18-9-16-11/h6-9H,3-5,14H2,(H,15,17). The molecule has 2 aromatic heterocycles. The second kappa shape index (κ2) is 7.04. The predicted molar refractivity (Wildman–Crippen MR) is 78.4 cm³/mol. The number of carbonyl (C=O) groups is 1. The van der Waals surface area contributed by atoms with E-state index in [1.807, 2.05) is 5.38 Å². The monoisotopic (exact) mass is 291 g/mol. The molecule has 0 fully saturated rings. The van der Waals surface area contributed by atoms with Crippen LogP contribution in [0.5, 0.6) is 0 Å². The third kappa shape index (κ3) is 4.17. The number of amides is 1. The Morgan fingerprint density at radius 1 is 1.47 bits per heavy atom. The van der Waals surface area contributed by atoms with Gasteiger partial charge < -0.3 is 11.1 Å². The fraction of sp³-hybridized carbons (Fsp3) is 0.231. The molecule has 0 radical (unpaired) electrons. The summed E-state index contributed by atoms with van der Waals surface area (Å²) < 4.78 is 0. The van der Waals surface area contributed by atoms with Crippen molar-refractivity contribution in [1.29, 1.82) is 0 Å². The Hall–Kier alpha value is -1.68. The van der Waals surface area contributed by atoms with Crippen LogP contribution in [-0.4, -0.2) is 24.0 Å². The molecule has 0 aliphatic carbocycles. The maximum absolute atomic E-state index is 11.9. The van der Waals surface area contributed by atoms with E-state index in [-0.39, 0.29) is 5.91 Å². The van der Waals surface area contributed by atoms with Crippen molar-refractivity contribution >= 4 is 28.6 Å². The molecule has 3 N–H and O–H groups in total. The van der Waals surface area contributed by atoms with Crippen molar-refractivity contribution < 1.29 is 4.79 Å². The number of thiophene rings is 1. The van der Waals surface area contributed by atoms with Crippen LogP contribution < -0.4 is 11.1 Å². The first-order chi connectivity index (χ1) is 9.29. The molecule has 2 rings (SSSR count). The van der Waals surface area contributed by atoms with Gasteiger partial charge in [0.1, 0.15) is 0 Å². The van der Waals surface area contributed by atoms with Gasteiger partial charge in [0.15, 0.2) is 0 Å². The van der Waals surface area contributed by atoms with E-state index < -0.39 is 0 Å². The van der Waals surface area contributed by atoms with Gasteiger partial charge in [-0.25, -0.2) is 4.98 Å². The molecule has 0 aromatic carbocycles. The largest absolute Gasteiger partial charge is 0.352 e. The number of nitrogens with two attached hydrogens (primary N) is 1. The van der Waals surface area contributed by atoms with Gasteiger partial charge in [-0.15, -0.1) is 22.7 Å². The van der Waals surface area contributed by atoms with Crippen LogP contribution in [0.15, 0.2) is 22.3 Å². The molecule has 1 amide bonds. The first kappa shape index (κ1) is 13.7. The van der Waals surface area contributed by atoms with E-state index in [1.54, 1.807) is 28.3 Å². The first-order valence-corrected chi connectivity index (χ1v) is 7.54. The zero-order valence-electron chi connectivity index (χ0n) is 10.2. The maximum Gasteiger partial charge on any atom is 0.252 e. The average Bonchev–Trinajstić information content (AvgIpc) is 3.07. The lowest BCUT2D eigenvalue weighted by Gasteiger charge is -2.01. The minimum atomic E-state index is -0.0766. The Morgan fingerprint density at radius 2 is 2.37 bits per heavy atom. The molecule has 4 nitrogen and oxygen atoms in total. The summed E-state index contributed by atoms with van der Waals surface area (Å²) in [4.78, 5) is 16.9. The summed E-state index contributed by atoms with van der Waals surface area (Å²) in [5, 5.41) is 6.65. The molecule has 0 aliphatic heterocycles. The van der Waals surface area contributed by atoms with Gasteiger partial charge in [0.2, 0.25) is 0 Å². The topological polar surface area (TPSA) is 68.0 Å². The third-order valence-electron chi connectivity index (χ3n) is 2.33. The number of nitrogens with one attached hydrogen (secondary N) is 1. The number of hydrogen-bond acceptors (Lipinski definition) is 5. The van der Waals surface area contributed by atoms with E-state index >= 15 is 0 Å². The van der Waals surface area contributed by atoms with Gasteiger partial charge >= 0.3 is 0 Å². The molecule has 98 valence electrons. The summed E-state index contributed by atoms with van der Waals surface area (Å²) in [7, 11) is 0. The van der Waals surface area contributed by atoms with E-state index in [0.717, 1.165) is 17.0 Å². The third-order valence-corrected chi connectivity index (χ3v) is 3.81. The predicted octanol–water partition coefficient (Wildman–Crippen LogP) is 1.49. The van der Waals surface area contributed by atoms with Gasteiger partial charge in [-0.2, -0.15) is 0 Å². The number of rotatable bonds is 4. The molecule has 0 spiro atoms. The van der Waals surface area contributed by atoms with Gasteiger partial charge in [-0.05, 0) is 6.07 Å². The summed E-state index contributed by atoms with van der Waals surface area (Å²) in [6, 6.07) is 1.78. The lowest BCUT2D eigenvalue weighted by atomic mass is 10.2. The van der Waals surface area contributed by atoms with Crippen LogP contribution >= 0.6 is 22.7 Å². The molecule has 0 saturated carbocycles. The molecular weight excluding hydrogens is 278 g/mol. The summed E-state index contributed by atoms with van der Waals surface area (Å²) in [6.45, 7) is 0.912. The summed E-state index contributed by atoms with van der Waals surface area (Å²) in [6.07, 6.45) is 0.749. The van der Waals surface area contributed by atoms with Crippen molar-refractivity contribution in [3.8, 4) is 11.8 Å². The molecule has 0 unspecified atom stereocenters. The SMILES string of the molecule is NCC#Cc1cc(C(=O)NCCc2cscn2)cs1. The molecule has 0 bridgehead atoms. The Balaban J connectivity index is 1.84. The summed E-state index contributed by atoms with van der Waals surface area (Å²) in [5.74, 6) is 5.60. The van der Waals surface area contributed by atoms with Crippen molar-refractivity contribution in [2.75, 3.05) is 13.1 Å². The molecule has 0 saturated heterocycles. The zero-order chi connectivity index (χ0) is 13.5. The van der Waals surface area contributed by atoms with Crippen molar-refractivity contribution in [3.63, 3.8) is 0 Å².